The third kappa shape index (κ3) is 3.38. The number of halogens is 8. The quantitative estimate of drug-likeness (QED) is 0.612. The van der Waals surface area contributed by atoms with Crippen molar-refractivity contribution in [3.8, 4) is 11.1 Å². The van der Waals surface area contributed by atoms with Crippen LogP contribution in [0.25, 0.3) is 16.1 Å². The molecule has 3 heterocycles. The third-order valence-corrected chi connectivity index (χ3v) is 3.99. The molecule has 3 aromatic rings. The highest BCUT2D eigenvalue weighted by Crippen LogP contribution is 2.37. The third-order valence-electron chi connectivity index (χ3n) is 3.32. The van der Waals surface area contributed by atoms with Crippen molar-refractivity contribution in [1.82, 2.24) is 24.4 Å². The van der Waals surface area contributed by atoms with Crippen molar-refractivity contribution in [2.24, 2.45) is 0 Å². The largest absolute Gasteiger partial charge is 0.455 e. The van der Waals surface area contributed by atoms with Gasteiger partial charge in [-0.1, -0.05) is 11.3 Å². The molecule has 0 aromatic carbocycles. The Morgan fingerprint density at radius 2 is 1.70 bits per heavy atom. The van der Waals surface area contributed by atoms with Crippen LogP contribution in [0.4, 0.5) is 35.1 Å². The molecule has 27 heavy (non-hydrogen) atoms. The number of alkyl halides is 8. The molecule has 3 aromatic heterocycles. The number of fused-ring (bicyclic) bond motifs is 1. The molecule has 0 saturated heterocycles. The van der Waals surface area contributed by atoms with Crippen LogP contribution in [0.5, 0.6) is 0 Å². The van der Waals surface area contributed by atoms with Gasteiger partial charge in [0.1, 0.15) is 12.1 Å². The summed E-state index contributed by atoms with van der Waals surface area (Å²) in [5.41, 5.74) is -3.52. The lowest BCUT2D eigenvalue weighted by Crippen LogP contribution is -2.40. The minimum Gasteiger partial charge on any atom is -0.267 e. The average molecular weight is 419 g/mol. The number of hydrogen-bond acceptors (Lipinski definition) is 5. The maximum absolute atomic E-state index is 13.3. The molecule has 6 nitrogen and oxygen atoms in total. The molecule has 146 valence electrons. The van der Waals surface area contributed by atoms with Gasteiger partial charge >= 0.3 is 18.3 Å². The minimum atomic E-state index is -5.88. The normalized spacial score (nSPS) is 13.5. The Balaban J connectivity index is 2.13. The van der Waals surface area contributed by atoms with Crippen molar-refractivity contribution >= 4 is 16.3 Å². The van der Waals surface area contributed by atoms with Crippen LogP contribution in [-0.4, -0.2) is 36.5 Å². The summed E-state index contributed by atoms with van der Waals surface area (Å²) >= 11 is 0.647. The second-order valence-corrected chi connectivity index (χ2v) is 6.01. The zero-order valence-electron chi connectivity index (χ0n) is 12.5. The first kappa shape index (κ1) is 19.2. The molecule has 0 aliphatic carbocycles. The maximum atomic E-state index is 13.3. The molecule has 0 fully saturated rings. The summed E-state index contributed by atoms with van der Waals surface area (Å²) in [6, 6.07) is 0. The molecular formula is C12H5F8N5OS. The fourth-order valence-electron chi connectivity index (χ4n) is 2.13. The summed E-state index contributed by atoms with van der Waals surface area (Å²) in [7, 11) is 0. The van der Waals surface area contributed by atoms with E-state index in [4.69, 9.17) is 0 Å². The molecule has 3 rings (SSSR count). The topological polar surface area (TPSA) is 65.1 Å². The Hall–Kier alpha value is -2.58. The Morgan fingerprint density at radius 1 is 1.04 bits per heavy atom. The van der Waals surface area contributed by atoms with Gasteiger partial charge in [-0.25, -0.2) is 4.98 Å². The van der Waals surface area contributed by atoms with Crippen molar-refractivity contribution in [3.05, 3.63) is 34.0 Å². The van der Waals surface area contributed by atoms with E-state index >= 15 is 0 Å². The lowest BCUT2D eigenvalue weighted by molar-refractivity contribution is -0.287. The van der Waals surface area contributed by atoms with Crippen molar-refractivity contribution in [2.75, 3.05) is 0 Å². The average Bonchev–Trinajstić information content (AvgIpc) is 3.13. The summed E-state index contributed by atoms with van der Waals surface area (Å²) in [6.45, 7) is -1.97. The second kappa shape index (κ2) is 5.97. The maximum Gasteiger partial charge on any atom is 0.455 e. The van der Waals surface area contributed by atoms with Crippen LogP contribution in [0, 0.1) is 0 Å². The van der Waals surface area contributed by atoms with Gasteiger partial charge in [0, 0.05) is 11.8 Å². The molecule has 0 N–H and O–H groups in total. The lowest BCUT2D eigenvalue weighted by Gasteiger charge is -2.19. The van der Waals surface area contributed by atoms with E-state index in [1.165, 1.54) is 0 Å². The molecule has 0 atom stereocenters. The van der Waals surface area contributed by atoms with Gasteiger partial charge in [-0.2, -0.15) is 49.8 Å². The highest BCUT2D eigenvalue weighted by atomic mass is 32.1. The van der Waals surface area contributed by atoms with Gasteiger partial charge in [0.25, 0.3) is 5.56 Å². The predicted octanol–water partition coefficient (Wildman–Crippen LogP) is 3.23. The zero-order chi connectivity index (χ0) is 20.2. The highest BCUT2D eigenvalue weighted by molar-refractivity contribution is 7.14. The molecular weight excluding hydrogens is 414 g/mol. The second-order valence-electron chi connectivity index (χ2n) is 5.20. The Kier molecular flexibility index (Phi) is 4.24. The van der Waals surface area contributed by atoms with Crippen molar-refractivity contribution in [1.29, 1.82) is 0 Å². The number of hydrogen-bond donors (Lipinski definition) is 0. The van der Waals surface area contributed by atoms with E-state index in [1.54, 1.807) is 0 Å². The fraction of sp³-hybridized carbons (Fsp3) is 0.333. The standard InChI is InChI=1S/C12H5F8N5OS/c13-10(14,12(18,19)20)3-24-2-5(1-21-24)6-7(11(15,16)17)23-9-25(8(6)26)22-4-27-9/h1-2,4H,3H2. The van der Waals surface area contributed by atoms with Gasteiger partial charge in [-0.15, -0.1) is 0 Å². The molecule has 0 aliphatic heterocycles. The van der Waals surface area contributed by atoms with E-state index < -0.39 is 47.2 Å². The predicted molar refractivity (Wildman–Crippen MR) is 74.4 cm³/mol. The van der Waals surface area contributed by atoms with Gasteiger partial charge in [-0.3, -0.25) is 9.48 Å². The van der Waals surface area contributed by atoms with Crippen molar-refractivity contribution in [2.45, 2.75) is 24.8 Å². The molecule has 0 unspecified atom stereocenters. The van der Waals surface area contributed by atoms with Gasteiger partial charge in [0.05, 0.1) is 11.8 Å². The first-order valence-corrected chi connectivity index (χ1v) is 7.60. The van der Waals surface area contributed by atoms with E-state index in [0.717, 1.165) is 5.51 Å². The SMILES string of the molecule is O=c1c(-c2cnn(CC(F)(F)C(F)(F)F)c2)c(C(F)(F)F)nc2scnn12. The van der Waals surface area contributed by atoms with Gasteiger partial charge in [-0.05, 0) is 0 Å². The molecule has 0 bridgehead atoms. The first-order valence-electron chi connectivity index (χ1n) is 6.72. The fourth-order valence-corrected chi connectivity index (χ4v) is 2.74. The van der Waals surface area contributed by atoms with Crippen molar-refractivity contribution in [3.63, 3.8) is 0 Å². The number of nitrogens with zero attached hydrogens (tertiary/aromatic N) is 5. The Bertz CT molecular complexity index is 1050. The van der Waals surface area contributed by atoms with Crippen LogP contribution in [0.3, 0.4) is 0 Å². The van der Waals surface area contributed by atoms with Crippen LogP contribution in [0.1, 0.15) is 5.69 Å². The number of aromatic nitrogens is 5. The molecule has 0 aliphatic rings. The zero-order valence-corrected chi connectivity index (χ0v) is 13.3. The van der Waals surface area contributed by atoms with E-state index in [9.17, 15) is 39.9 Å². The Morgan fingerprint density at radius 3 is 2.30 bits per heavy atom. The van der Waals surface area contributed by atoms with E-state index in [0.29, 0.717) is 28.2 Å². The smallest absolute Gasteiger partial charge is 0.267 e. The molecule has 0 saturated carbocycles. The molecule has 0 radical (unpaired) electrons. The van der Waals surface area contributed by atoms with Crippen LogP contribution in [0.2, 0.25) is 0 Å². The number of rotatable bonds is 3. The van der Waals surface area contributed by atoms with Crippen LogP contribution < -0.4 is 5.56 Å². The summed E-state index contributed by atoms with van der Waals surface area (Å²) in [4.78, 5) is 15.2. The van der Waals surface area contributed by atoms with Crippen LogP contribution >= 0.6 is 11.3 Å². The summed E-state index contributed by atoms with van der Waals surface area (Å²) in [5.74, 6) is -5.17. The van der Waals surface area contributed by atoms with Crippen molar-refractivity contribution < 1.29 is 35.1 Å². The summed E-state index contributed by atoms with van der Waals surface area (Å²) < 4.78 is 103. The van der Waals surface area contributed by atoms with E-state index in [2.05, 4.69) is 15.2 Å². The molecule has 0 amide bonds. The Labute approximate surface area is 146 Å². The summed E-state index contributed by atoms with van der Waals surface area (Å²) in [6.07, 6.45) is -9.92. The monoisotopic (exact) mass is 419 g/mol. The van der Waals surface area contributed by atoms with Gasteiger partial charge in [0.15, 0.2) is 5.69 Å². The molecule has 0 spiro atoms. The van der Waals surface area contributed by atoms with Crippen LogP contribution in [-0.2, 0) is 12.7 Å². The van der Waals surface area contributed by atoms with Crippen LogP contribution in [0.15, 0.2) is 22.7 Å². The first-order chi connectivity index (χ1) is 12.3. The lowest BCUT2D eigenvalue weighted by atomic mass is 10.1. The molecule has 15 heteroatoms. The van der Waals surface area contributed by atoms with E-state index in [-0.39, 0.29) is 9.64 Å². The van der Waals surface area contributed by atoms with Gasteiger partial charge < -0.3 is 0 Å². The highest BCUT2D eigenvalue weighted by Gasteiger charge is 2.57. The van der Waals surface area contributed by atoms with E-state index in [1.807, 2.05) is 0 Å². The summed E-state index contributed by atoms with van der Waals surface area (Å²) in [5, 5.41) is 6.72. The minimum absolute atomic E-state index is 0.0956. The van der Waals surface area contributed by atoms with Gasteiger partial charge in [0.2, 0.25) is 4.96 Å².